The summed E-state index contributed by atoms with van der Waals surface area (Å²) in [5.41, 5.74) is 0. The van der Waals surface area contributed by atoms with Crippen molar-refractivity contribution in [1.82, 2.24) is 20.9 Å². The van der Waals surface area contributed by atoms with E-state index in [-0.39, 0.29) is 29.9 Å². The summed E-state index contributed by atoms with van der Waals surface area (Å²) in [5, 5.41) is 9.92. The van der Waals surface area contributed by atoms with Crippen molar-refractivity contribution in [3.8, 4) is 0 Å². The smallest absolute Gasteiger partial charge is 0.234 e. The number of aliphatic imine (C=N–C) groups is 1. The summed E-state index contributed by atoms with van der Waals surface area (Å²) in [5.74, 6) is 1.99. The molecule has 1 aromatic rings. The van der Waals surface area contributed by atoms with Gasteiger partial charge in [0.25, 0.3) is 0 Å². The zero-order valence-corrected chi connectivity index (χ0v) is 19.5. The number of hydrogen-bond donors (Lipinski definition) is 3. The van der Waals surface area contributed by atoms with Gasteiger partial charge in [0.2, 0.25) is 5.91 Å². The second kappa shape index (κ2) is 14.7. The lowest BCUT2D eigenvalue weighted by atomic mass is 10.1. The molecule has 160 valence electrons. The Labute approximate surface area is 186 Å². The summed E-state index contributed by atoms with van der Waals surface area (Å²) in [7, 11) is 0. The predicted molar refractivity (Wildman–Crippen MR) is 124 cm³/mol. The third-order valence-corrected chi connectivity index (χ3v) is 4.61. The van der Waals surface area contributed by atoms with Crippen LogP contribution in [0.15, 0.2) is 27.8 Å². The monoisotopic (exact) mass is 505 g/mol. The van der Waals surface area contributed by atoms with Gasteiger partial charge in [0, 0.05) is 45.2 Å². The van der Waals surface area contributed by atoms with Crippen LogP contribution in [0.5, 0.6) is 0 Å². The number of piperidine rings is 1. The summed E-state index contributed by atoms with van der Waals surface area (Å²) in [6, 6.07) is 4.30. The van der Waals surface area contributed by atoms with E-state index in [1.807, 2.05) is 12.1 Å². The van der Waals surface area contributed by atoms with Gasteiger partial charge in [0.15, 0.2) is 5.96 Å². The Morgan fingerprint density at radius 2 is 2.00 bits per heavy atom. The van der Waals surface area contributed by atoms with Gasteiger partial charge in [0.1, 0.15) is 5.76 Å². The van der Waals surface area contributed by atoms with E-state index in [9.17, 15) is 4.79 Å². The Hall–Kier alpha value is -1.29. The first kappa shape index (κ1) is 24.7. The normalized spacial score (nSPS) is 15.7. The second-order valence-corrected chi connectivity index (χ2v) is 7.03. The molecular formula is C20H36IN5O2. The molecule has 0 spiro atoms. The number of halogens is 1. The number of likely N-dealkylation sites (tertiary alicyclic amines) is 1. The summed E-state index contributed by atoms with van der Waals surface area (Å²) in [4.78, 5) is 18.7. The molecule has 1 aliphatic rings. The van der Waals surface area contributed by atoms with Crippen molar-refractivity contribution in [2.24, 2.45) is 4.99 Å². The quantitative estimate of drug-likeness (QED) is 0.259. The molecule has 0 saturated carbocycles. The van der Waals surface area contributed by atoms with Crippen molar-refractivity contribution >= 4 is 35.8 Å². The third-order valence-electron chi connectivity index (χ3n) is 4.61. The fourth-order valence-electron chi connectivity index (χ4n) is 3.09. The first-order valence-corrected chi connectivity index (χ1v) is 10.3. The SMILES string of the molecule is CCCN=C(NCCc1ccco1)NC1CCN(CC(=O)NCCC)CC1.I. The molecule has 1 fully saturated rings. The maximum atomic E-state index is 11.9. The average Bonchev–Trinajstić information content (AvgIpc) is 3.19. The first-order valence-electron chi connectivity index (χ1n) is 10.3. The number of amides is 1. The number of nitrogens with one attached hydrogen (secondary N) is 3. The second-order valence-electron chi connectivity index (χ2n) is 7.03. The number of carbonyl (C=O) groups is 1. The standard InChI is InChI=1S/C20H35N5O2.HI/c1-3-10-21-19(26)16-25-13-8-17(9-14-25)24-20(22-11-4-2)23-12-7-18-6-5-15-27-18;/h5-6,15,17H,3-4,7-14,16H2,1-2H3,(H,21,26)(H2,22,23,24);1H. The van der Waals surface area contributed by atoms with Gasteiger partial charge >= 0.3 is 0 Å². The molecule has 1 aromatic heterocycles. The number of guanidine groups is 1. The molecule has 0 aromatic carbocycles. The first-order chi connectivity index (χ1) is 13.2. The van der Waals surface area contributed by atoms with Gasteiger partial charge in [-0.1, -0.05) is 13.8 Å². The van der Waals surface area contributed by atoms with Crippen molar-refractivity contribution < 1.29 is 9.21 Å². The van der Waals surface area contributed by atoms with Crippen LogP contribution in [0.4, 0.5) is 0 Å². The molecule has 2 heterocycles. The molecule has 1 aliphatic heterocycles. The molecule has 0 unspecified atom stereocenters. The fraction of sp³-hybridized carbons (Fsp3) is 0.700. The number of hydrogen-bond acceptors (Lipinski definition) is 4. The fourth-order valence-corrected chi connectivity index (χ4v) is 3.09. The Morgan fingerprint density at radius 3 is 2.64 bits per heavy atom. The van der Waals surface area contributed by atoms with E-state index in [0.717, 1.165) is 76.5 Å². The van der Waals surface area contributed by atoms with E-state index < -0.39 is 0 Å². The average molecular weight is 505 g/mol. The molecule has 8 heteroatoms. The van der Waals surface area contributed by atoms with Gasteiger partial charge in [-0.3, -0.25) is 14.7 Å². The third kappa shape index (κ3) is 9.77. The van der Waals surface area contributed by atoms with Gasteiger partial charge in [-0.15, -0.1) is 24.0 Å². The zero-order valence-electron chi connectivity index (χ0n) is 17.2. The molecule has 0 radical (unpaired) electrons. The van der Waals surface area contributed by atoms with E-state index in [1.165, 1.54) is 0 Å². The maximum absolute atomic E-state index is 11.9. The summed E-state index contributed by atoms with van der Waals surface area (Å²) in [6.45, 7) is 8.94. The van der Waals surface area contributed by atoms with Crippen LogP contribution in [-0.2, 0) is 11.2 Å². The van der Waals surface area contributed by atoms with Crippen LogP contribution in [0.3, 0.4) is 0 Å². The number of rotatable bonds is 10. The highest BCUT2D eigenvalue weighted by atomic mass is 127. The van der Waals surface area contributed by atoms with E-state index >= 15 is 0 Å². The Morgan fingerprint density at radius 1 is 1.21 bits per heavy atom. The maximum Gasteiger partial charge on any atom is 0.234 e. The van der Waals surface area contributed by atoms with Crippen molar-refractivity contribution in [3.05, 3.63) is 24.2 Å². The van der Waals surface area contributed by atoms with E-state index in [0.29, 0.717) is 12.6 Å². The van der Waals surface area contributed by atoms with Crippen LogP contribution in [-0.4, -0.2) is 62.1 Å². The molecule has 0 bridgehead atoms. The Bertz CT molecular complexity index is 557. The molecule has 1 saturated heterocycles. The lowest BCUT2D eigenvalue weighted by molar-refractivity contribution is -0.122. The van der Waals surface area contributed by atoms with E-state index in [4.69, 9.17) is 4.42 Å². The van der Waals surface area contributed by atoms with Crippen molar-refractivity contribution in [2.45, 2.75) is 52.0 Å². The van der Waals surface area contributed by atoms with Crippen LogP contribution < -0.4 is 16.0 Å². The van der Waals surface area contributed by atoms with Crippen LogP contribution in [0.2, 0.25) is 0 Å². The lowest BCUT2D eigenvalue weighted by Crippen LogP contribution is -2.50. The predicted octanol–water partition coefficient (Wildman–Crippen LogP) is 2.38. The van der Waals surface area contributed by atoms with Gasteiger partial charge < -0.3 is 20.4 Å². The molecule has 0 atom stereocenters. The topological polar surface area (TPSA) is 81.9 Å². The van der Waals surface area contributed by atoms with Crippen molar-refractivity contribution in [1.29, 1.82) is 0 Å². The highest BCUT2D eigenvalue weighted by molar-refractivity contribution is 14.0. The Kier molecular flexibility index (Phi) is 13.0. The zero-order chi connectivity index (χ0) is 19.3. The molecule has 3 N–H and O–H groups in total. The van der Waals surface area contributed by atoms with Crippen LogP contribution >= 0.6 is 24.0 Å². The van der Waals surface area contributed by atoms with E-state index in [2.05, 4.69) is 39.7 Å². The number of carbonyl (C=O) groups excluding carboxylic acids is 1. The number of furan rings is 1. The van der Waals surface area contributed by atoms with Gasteiger partial charge in [-0.25, -0.2) is 0 Å². The molecular weight excluding hydrogens is 469 g/mol. The number of nitrogens with zero attached hydrogens (tertiary/aromatic N) is 2. The van der Waals surface area contributed by atoms with Gasteiger partial charge in [0.05, 0.1) is 12.8 Å². The minimum Gasteiger partial charge on any atom is -0.469 e. The Balaban J connectivity index is 0.00000392. The van der Waals surface area contributed by atoms with Crippen LogP contribution in [0.1, 0.15) is 45.3 Å². The minimum atomic E-state index is 0. The van der Waals surface area contributed by atoms with Crippen molar-refractivity contribution in [3.63, 3.8) is 0 Å². The minimum absolute atomic E-state index is 0. The largest absolute Gasteiger partial charge is 0.469 e. The lowest BCUT2D eigenvalue weighted by Gasteiger charge is -2.32. The highest BCUT2D eigenvalue weighted by Crippen LogP contribution is 2.10. The highest BCUT2D eigenvalue weighted by Gasteiger charge is 2.21. The van der Waals surface area contributed by atoms with Crippen molar-refractivity contribution in [2.75, 3.05) is 39.3 Å². The summed E-state index contributed by atoms with van der Waals surface area (Å²) >= 11 is 0. The van der Waals surface area contributed by atoms with Gasteiger partial charge in [-0.2, -0.15) is 0 Å². The van der Waals surface area contributed by atoms with E-state index in [1.54, 1.807) is 6.26 Å². The molecule has 0 aliphatic carbocycles. The molecule has 2 rings (SSSR count). The summed E-state index contributed by atoms with van der Waals surface area (Å²) < 4.78 is 5.38. The van der Waals surface area contributed by atoms with Gasteiger partial charge in [-0.05, 0) is 37.8 Å². The summed E-state index contributed by atoms with van der Waals surface area (Å²) in [6.07, 6.45) is 6.58. The molecule has 7 nitrogen and oxygen atoms in total. The van der Waals surface area contributed by atoms with Crippen LogP contribution in [0.25, 0.3) is 0 Å². The molecule has 28 heavy (non-hydrogen) atoms. The molecule has 1 amide bonds. The van der Waals surface area contributed by atoms with Crippen LogP contribution in [0, 0.1) is 0 Å².